The molecule has 0 radical (unpaired) electrons. The van der Waals surface area contributed by atoms with Crippen molar-refractivity contribution < 1.29 is 0 Å². The van der Waals surface area contributed by atoms with Crippen molar-refractivity contribution in [1.29, 1.82) is 0 Å². The molecule has 10 rings (SSSR count). The van der Waals surface area contributed by atoms with E-state index >= 15 is 0 Å². The zero-order chi connectivity index (χ0) is 35.9. The summed E-state index contributed by atoms with van der Waals surface area (Å²) in [5.74, 6) is 0. The smallest absolute Gasteiger partial charge is 0.0543 e. The summed E-state index contributed by atoms with van der Waals surface area (Å²) >= 11 is 0. The highest BCUT2D eigenvalue weighted by Gasteiger charge is 2.38. The molecule has 8 aromatic carbocycles. The van der Waals surface area contributed by atoms with Crippen molar-refractivity contribution in [3.8, 4) is 44.5 Å². The zero-order valence-corrected chi connectivity index (χ0v) is 30.7. The molecule has 254 valence electrons. The van der Waals surface area contributed by atoms with Crippen LogP contribution in [0.4, 0.5) is 17.1 Å². The monoisotopic (exact) mass is 679 g/mol. The Hall–Kier alpha value is -6.18. The molecule has 8 aromatic rings. The lowest BCUT2D eigenvalue weighted by molar-refractivity contribution is 0.660. The van der Waals surface area contributed by atoms with E-state index in [2.05, 4.69) is 209 Å². The highest BCUT2D eigenvalue weighted by atomic mass is 15.1. The van der Waals surface area contributed by atoms with Crippen molar-refractivity contribution in [2.24, 2.45) is 0 Å². The maximum atomic E-state index is 2.51. The molecule has 0 fully saturated rings. The molecule has 0 spiro atoms. The van der Waals surface area contributed by atoms with Gasteiger partial charge < -0.3 is 4.90 Å². The number of benzene rings is 8. The van der Waals surface area contributed by atoms with E-state index < -0.39 is 0 Å². The Morgan fingerprint density at radius 2 is 0.868 bits per heavy atom. The van der Waals surface area contributed by atoms with Crippen molar-refractivity contribution in [3.05, 3.63) is 198 Å². The third-order valence-electron chi connectivity index (χ3n) is 12.1. The summed E-state index contributed by atoms with van der Waals surface area (Å²) in [6.45, 7) is 9.49. The van der Waals surface area contributed by atoms with Crippen LogP contribution in [-0.4, -0.2) is 0 Å². The molecule has 2 aliphatic rings. The van der Waals surface area contributed by atoms with E-state index in [1.54, 1.807) is 0 Å². The Bertz CT molecular complexity index is 2710. The maximum absolute atomic E-state index is 2.51. The third-order valence-corrected chi connectivity index (χ3v) is 12.1. The molecule has 0 aliphatic heterocycles. The van der Waals surface area contributed by atoms with Crippen LogP contribution < -0.4 is 4.90 Å². The van der Waals surface area contributed by atoms with Gasteiger partial charge in [0.1, 0.15) is 0 Å². The van der Waals surface area contributed by atoms with E-state index in [0.29, 0.717) is 0 Å². The van der Waals surface area contributed by atoms with Crippen LogP contribution in [0.25, 0.3) is 55.3 Å². The standard InChI is InChI=1S/C52H41N/c1-51(2)46-20-12-10-18-41(46)43-29-28-40(31-48(43)51)53(39-26-24-35(25-27-39)38-23-22-34-14-8-9-17-37(34)30-38)50-33-49-45(32-44(50)36-15-6-5-7-16-36)42-19-11-13-21-47(42)52(49,3)4/h5-33H,1-4H3. The highest BCUT2D eigenvalue weighted by Crippen LogP contribution is 2.55. The summed E-state index contributed by atoms with van der Waals surface area (Å²) in [5, 5.41) is 2.52. The second-order valence-electron chi connectivity index (χ2n) is 15.8. The number of hydrogen-bond donors (Lipinski definition) is 0. The predicted octanol–water partition coefficient (Wildman–Crippen LogP) is 14.3. The van der Waals surface area contributed by atoms with Crippen LogP contribution in [0.3, 0.4) is 0 Å². The fourth-order valence-corrected chi connectivity index (χ4v) is 9.20. The van der Waals surface area contributed by atoms with Crippen LogP contribution in [0.1, 0.15) is 49.9 Å². The average molecular weight is 680 g/mol. The van der Waals surface area contributed by atoms with E-state index in [9.17, 15) is 0 Å². The van der Waals surface area contributed by atoms with Gasteiger partial charge >= 0.3 is 0 Å². The lowest BCUT2D eigenvalue weighted by atomic mass is 9.81. The Morgan fingerprint density at radius 1 is 0.321 bits per heavy atom. The first kappa shape index (κ1) is 31.5. The maximum Gasteiger partial charge on any atom is 0.0543 e. The van der Waals surface area contributed by atoms with Crippen molar-refractivity contribution in [1.82, 2.24) is 0 Å². The lowest BCUT2D eigenvalue weighted by Crippen LogP contribution is -2.18. The fourth-order valence-electron chi connectivity index (χ4n) is 9.20. The summed E-state index contributed by atoms with van der Waals surface area (Å²) in [6, 6.07) is 65.4. The first-order valence-electron chi connectivity index (χ1n) is 18.8. The van der Waals surface area contributed by atoms with Crippen LogP contribution in [0.2, 0.25) is 0 Å². The number of hydrogen-bond acceptors (Lipinski definition) is 1. The minimum atomic E-state index is -0.136. The second-order valence-corrected chi connectivity index (χ2v) is 15.8. The Kier molecular flexibility index (Phi) is 6.94. The Labute approximate surface area is 312 Å². The van der Waals surface area contributed by atoms with Crippen LogP contribution in [0.15, 0.2) is 176 Å². The molecule has 0 bridgehead atoms. The van der Waals surface area contributed by atoms with E-state index in [1.807, 2.05) is 0 Å². The molecule has 0 heterocycles. The van der Waals surface area contributed by atoms with Gasteiger partial charge in [0.2, 0.25) is 0 Å². The van der Waals surface area contributed by atoms with Crippen LogP contribution >= 0.6 is 0 Å². The van der Waals surface area contributed by atoms with Crippen molar-refractivity contribution >= 4 is 27.8 Å². The number of nitrogens with zero attached hydrogens (tertiary/aromatic N) is 1. The van der Waals surface area contributed by atoms with Gasteiger partial charge in [-0.05, 0) is 114 Å². The minimum absolute atomic E-state index is 0.114. The van der Waals surface area contributed by atoms with Gasteiger partial charge in [0.25, 0.3) is 0 Å². The Balaban J connectivity index is 1.20. The summed E-state index contributed by atoms with van der Waals surface area (Å²) in [5.41, 5.74) is 18.9. The summed E-state index contributed by atoms with van der Waals surface area (Å²) in [6.07, 6.45) is 0. The van der Waals surface area contributed by atoms with Gasteiger partial charge in [0, 0.05) is 27.8 Å². The molecule has 0 saturated heterocycles. The van der Waals surface area contributed by atoms with Gasteiger partial charge in [-0.1, -0.05) is 161 Å². The minimum Gasteiger partial charge on any atom is -0.310 e. The molecule has 0 amide bonds. The van der Waals surface area contributed by atoms with Gasteiger partial charge in [0.05, 0.1) is 5.69 Å². The van der Waals surface area contributed by atoms with Crippen LogP contribution in [0, 0.1) is 0 Å². The molecular weight excluding hydrogens is 639 g/mol. The average Bonchev–Trinajstić information content (AvgIpc) is 3.57. The molecule has 0 aromatic heterocycles. The largest absolute Gasteiger partial charge is 0.310 e. The number of fused-ring (bicyclic) bond motifs is 7. The van der Waals surface area contributed by atoms with Gasteiger partial charge in [-0.3, -0.25) is 0 Å². The van der Waals surface area contributed by atoms with Crippen molar-refractivity contribution in [3.63, 3.8) is 0 Å². The summed E-state index contributed by atoms with van der Waals surface area (Å²) < 4.78 is 0. The summed E-state index contributed by atoms with van der Waals surface area (Å²) in [4.78, 5) is 2.51. The van der Waals surface area contributed by atoms with Crippen molar-refractivity contribution in [2.45, 2.75) is 38.5 Å². The van der Waals surface area contributed by atoms with Gasteiger partial charge in [-0.25, -0.2) is 0 Å². The van der Waals surface area contributed by atoms with Gasteiger partial charge in [-0.2, -0.15) is 0 Å². The first-order chi connectivity index (χ1) is 25.8. The molecule has 0 N–H and O–H groups in total. The lowest BCUT2D eigenvalue weighted by Gasteiger charge is -2.31. The van der Waals surface area contributed by atoms with Crippen LogP contribution in [-0.2, 0) is 10.8 Å². The highest BCUT2D eigenvalue weighted by molar-refractivity contribution is 5.96. The second kappa shape index (κ2) is 11.7. The molecule has 53 heavy (non-hydrogen) atoms. The van der Waals surface area contributed by atoms with Crippen LogP contribution in [0.5, 0.6) is 0 Å². The van der Waals surface area contributed by atoms with E-state index in [-0.39, 0.29) is 10.8 Å². The molecular formula is C52H41N. The molecule has 1 heteroatoms. The van der Waals surface area contributed by atoms with E-state index in [1.165, 1.54) is 83.2 Å². The summed E-state index contributed by atoms with van der Waals surface area (Å²) in [7, 11) is 0. The third kappa shape index (κ3) is 4.84. The van der Waals surface area contributed by atoms with E-state index in [4.69, 9.17) is 0 Å². The molecule has 0 atom stereocenters. The quantitative estimate of drug-likeness (QED) is 0.175. The van der Waals surface area contributed by atoms with Gasteiger partial charge in [0.15, 0.2) is 0 Å². The topological polar surface area (TPSA) is 3.24 Å². The number of rotatable bonds is 5. The van der Waals surface area contributed by atoms with Crippen molar-refractivity contribution in [2.75, 3.05) is 4.90 Å². The normalized spacial score (nSPS) is 14.3. The zero-order valence-electron chi connectivity index (χ0n) is 30.7. The Morgan fingerprint density at radius 3 is 1.58 bits per heavy atom. The molecule has 1 nitrogen and oxygen atoms in total. The molecule has 0 saturated carbocycles. The van der Waals surface area contributed by atoms with E-state index in [0.717, 1.165) is 11.4 Å². The van der Waals surface area contributed by atoms with Gasteiger partial charge in [-0.15, -0.1) is 0 Å². The molecule has 2 aliphatic carbocycles. The first-order valence-corrected chi connectivity index (χ1v) is 18.8. The number of anilines is 3. The predicted molar refractivity (Wildman–Crippen MR) is 225 cm³/mol. The molecule has 0 unspecified atom stereocenters. The fraction of sp³-hybridized carbons (Fsp3) is 0.115. The SMILES string of the molecule is CC1(C)c2ccccc2-c2ccc(N(c3ccc(-c4ccc5ccccc5c4)cc3)c3cc4c(cc3-c3ccccc3)-c3ccccc3C4(C)C)cc21.